The molecule has 0 aliphatic rings. The molecule has 0 saturated carbocycles. The van der Waals surface area contributed by atoms with Gasteiger partial charge in [-0.1, -0.05) is 108 Å². The van der Waals surface area contributed by atoms with E-state index in [1.54, 1.807) is 18.2 Å². The van der Waals surface area contributed by atoms with Crippen LogP contribution in [0.3, 0.4) is 0 Å². The van der Waals surface area contributed by atoms with E-state index in [0.29, 0.717) is 17.1 Å². The van der Waals surface area contributed by atoms with E-state index in [1.807, 2.05) is 44.2 Å². The largest absolute Gasteiger partial charge is 0.354 e. The number of carbonyl (C=O) groups is 2. The van der Waals surface area contributed by atoms with Crippen molar-refractivity contribution in [2.24, 2.45) is 5.92 Å². The van der Waals surface area contributed by atoms with Gasteiger partial charge < -0.3 is 10.2 Å². The summed E-state index contributed by atoms with van der Waals surface area (Å²) >= 11 is 31.0. The van der Waals surface area contributed by atoms with Gasteiger partial charge in [-0.2, -0.15) is 0 Å². The molecule has 42 heavy (non-hydrogen) atoms. The van der Waals surface area contributed by atoms with Gasteiger partial charge in [-0.25, -0.2) is 8.42 Å². The van der Waals surface area contributed by atoms with E-state index in [9.17, 15) is 18.0 Å². The maximum atomic E-state index is 14.1. The Morgan fingerprint density at radius 3 is 2.02 bits per heavy atom. The summed E-state index contributed by atoms with van der Waals surface area (Å²) in [6.07, 6.45) is 1.11. The SMILES string of the molecule is CC(C)CNC(=O)C(Cc1ccccc1)N(Cc1ccc(Cl)c(Cl)c1)C(=O)CN(c1cc(Cl)c(Cl)cc1Cl)S(C)(=O)=O. The first kappa shape index (κ1) is 34.3. The van der Waals surface area contributed by atoms with Gasteiger partial charge in [-0.05, 0) is 41.3 Å². The van der Waals surface area contributed by atoms with E-state index in [0.717, 1.165) is 16.1 Å². The fourth-order valence-corrected chi connectivity index (χ4v) is 5.98. The molecule has 7 nitrogen and oxygen atoms in total. The van der Waals surface area contributed by atoms with Crippen LogP contribution in [0.5, 0.6) is 0 Å². The van der Waals surface area contributed by atoms with Crippen molar-refractivity contribution in [3.05, 3.63) is 96.9 Å². The molecule has 0 aromatic heterocycles. The monoisotopic (exact) mass is 691 g/mol. The summed E-state index contributed by atoms with van der Waals surface area (Å²) < 4.78 is 26.8. The van der Waals surface area contributed by atoms with Crippen molar-refractivity contribution in [3.8, 4) is 0 Å². The Hall–Kier alpha value is -2.20. The average Bonchev–Trinajstić information content (AvgIpc) is 2.92. The van der Waals surface area contributed by atoms with Crippen LogP contribution in [0.2, 0.25) is 25.1 Å². The number of anilines is 1. The zero-order chi connectivity index (χ0) is 31.2. The molecule has 3 aromatic carbocycles. The molecule has 3 rings (SSSR count). The van der Waals surface area contributed by atoms with Crippen LogP contribution in [-0.2, 0) is 32.6 Å². The van der Waals surface area contributed by atoms with Gasteiger partial charge in [0, 0.05) is 19.5 Å². The fraction of sp³-hybridized carbons (Fsp3) is 0.310. The molecule has 0 spiro atoms. The molecule has 0 bridgehead atoms. The summed E-state index contributed by atoms with van der Waals surface area (Å²) in [5.41, 5.74) is 1.37. The molecule has 1 unspecified atom stereocenters. The van der Waals surface area contributed by atoms with Crippen LogP contribution < -0.4 is 9.62 Å². The molecule has 0 radical (unpaired) electrons. The molecular formula is C29H30Cl5N3O4S. The second-order valence-corrected chi connectivity index (χ2v) is 14.0. The summed E-state index contributed by atoms with van der Waals surface area (Å²) in [7, 11) is -4.05. The molecule has 226 valence electrons. The minimum Gasteiger partial charge on any atom is -0.354 e. The number of rotatable bonds is 12. The second-order valence-electron chi connectivity index (χ2n) is 10.1. The Kier molecular flexibility index (Phi) is 12.2. The molecule has 0 saturated heterocycles. The van der Waals surface area contributed by atoms with Gasteiger partial charge in [0.05, 0.1) is 37.1 Å². The zero-order valence-corrected chi connectivity index (χ0v) is 27.7. The molecule has 1 atom stereocenters. The lowest BCUT2D eigenvalue weighted by atomic mass is 10.0. The maximum Gasteiger partial charge on any atom is 0.244 e. The molecule has 0 aliphatic carbocycles. The zero-order valence-electron chi connectivity index (χ0n) is 23.1. The molecule has 3 aromatic rings. The Labute approximate surface area is 271 Å². The van der Waals surface area contributed by atoms with Gasteiger partial charge in [0.2, 0.25) is 21.8 Å². The van der Waals surface area contributed by atoms with Crippen molar-refractivity contribution < 1.29 is 18.0 Å². The number of amides is 2. The van der Waals surface area contributed by atoms with Crippen molar-refractivity contribution in [1.82, 2.24) is 10.2 Å². The first-order chi connectivity index (χ1) is 19.7. The molecule has 0 fully saturated rings. The van der Waals surface area contributed by atoms with Crippen molar-refractivity contribution in [1.29, 1.82) is 0 Å². The first-order valence-electron chi connectivity index (χ1n) is 12.8. The van der Waals surface area contributed by atoms with Crippen LogP contribution >= 0.6 is 58.0 Å². The molecule has 1 N–H and O–H groups in total. The lowest BCUT2D eigenvalue weighted by molar-refractivity contribution is -0.140. The smallest absolute Gasteiger partial charge is 0.244 e. The van der Waals surface area contributed by atoms with E-state index in [2.05, 4.69) is 5.32 Å². The van der Waals surface area contributed by atoms with Gasteiger partial charge in [0.15, 0.2) is 0 Å². The average molecular weight is 694 g/mol. The van der Waals surface area contributed by atoms with Gasteiger partial charge in [-0.3, -0.25) is 13.9 Å². The van der Waals surface area contributed by atoms with Crippen molar-refractivity contribution >= 4 is 85.5 Å². The lowest BCUT2D eigenvalue weighted by Crippen LogP contribution is -2.53. The Morgan fingerprint density at radius 1 is 0.810 bits per heavy atom. The quantitative estimate of drug-likeness (QED) is 0.205. The Morgan fingerprint density at radius 2 is 1.43 bits per heavy atom. The summed E-state index contributed by atoms with van der Waals surface area (Å²) in [6.45, 7) is 3.56. The van der Waals surface area contributed by atoms with Crippen LogP contribution in [0.1, 0.15) is 25.0 Å². The van der Waals surface area contributed by atoms with E-state index in [-0.39, 0.29) is 50.6 Å². The molecule has 0 heterocycles. The van der Waals surface area contributed by atoms with E-state index < -0.39 is 28.5 Å². The molecule has 0 aliphatic heterocycles. The Bertz CT molecular complexity index is 1540. The number of benzene rings is 3. The molecule has 2 amide bonds. The van der Waals surface area contributed by atoms with Crippen molar-refractivity contribution in [3.63, 3.8) is 0 Å². The molecular weight excluding hydrogens is 664 g/mol. The van der Waals surface area contributed by atoms with Crippen LogP contribution in [0.15, 0.2) is 60.7 Å². The number of halogens is 5. The fourth-order valence-electron chi connectivity index (χ4n) is 4.11. The van der Waals surface area contributed by atoms with Crippen molar-refractivity contribution in [2.45, 2.75) is 32.9 Å². The van der Waals surface area contributed by atoms with Crippen LogP contribution in [0, 0.1) is 5.92 Å². The summed E-state index contributed by atoms with van der Waals surface area (Å²) in [4.78, 5) is 29.1. The number of carbonyl (C=O) groups excluding carboxylic acids is 2. The predicted molar refractivity (Wildman–Crippen MR) is 172 cm³/mol. The topological polar surface area (TPSA) is 86.8 Å². The van der Waals surface area contributed by atoms with E-state index in [4.69, 9.17) is 58.0 Å². The van der Waals surface area contributed by atoms with E-state index >= 15 is 0 Å². The number of hydrogen-bond donors (Lipinski definition) is 1. The molecule has 13 heteroatoms. The van der Waals surface area contributed by atoms with Gasteiger partial charge >= 0.3 is 0 Å². The number of sulfonamides is 1. The maximum absolute atomic E-state index is 14.1. The highest BCUT2D eigenvalue weighted by Crippen LogP contribution is 2.36. The van der Waals surface area contributed by atoms with Gasteiger partial charge in [0.1, 0.15) is 12.6 Å². The summed E-state index contributed by atoms with van der Waals surface area (Å²) in [6, 6.07) is 15.7. The lowest BCUT2D eigenvalue weighted by Gasteiger charge is -2.34. The van der Waals surface area contributed by atoms with Gasteiger partial charge in [-0.15, -0.1) is 0 Å². The van der Waals surface area contributed by atoms with Gasteiger partial charge in [0.25, 0.3) is 0 Å². The van der Waals surface area contributed by atoms with Crippen molar-refractivity contribution in [2.75, 3.05) is 23.7 Å². The highest BCUT2D eigenvalue weighted by Gasteiger charge is 2.34. The summed E-state index contributed by atoms with van der Waals surface area (Å²) in [5, 5.41) is 3.67. The number of hydrogen-bond acceptors (Lipinski definition) is 4. The normalized spacial score (nSPS) is 12.2. The summed E-state index contributed by atoms with van der Waals surface area (Å²) in [5.74, 6) is -0.892. The van der Waals surface area contributed by atoms with Crippen LogP contribution in [-0.4, -0.2) is 50.5 Å². The minimum atomic E-state index is -4.05. The third-order valence-corrected chi connectivity index (χ3v) is 9.12. The van der Waals surface area contributed by atoms with Crippen LogP contribution in [0.4, 0.5) is 5.69 Å². The number of nitrogens with one attached hydrogen (secondary N) is 1. The Balaban J connectivity index is 2.11. The third-order valence-electron chi connectivity index (χ3n) is 6.23. The van der Waals surface area contributed by atoms with E-state index in [1.165, 1.54) is 17.0 Å². The highest BCUT2D eigenvalue weighted by molar-refractivity contribution is 7.92. The first-order valence-corrected chi connectivity index (χ1v) is 16.6. The minimum absolute atomic E-state index is 0.0193. The third kappa shape index (κ3) is 9.40. The highest BCUT2D eigenvalue weighted by atomic mass is 35.5. The predicted octanol–water partition coefficient (Wildman–Crippen LogP) is 7.13. The van der Waals surface area contributed by atoms with Crippen LogP contribution in [0.25, 0.3) is 0 Å². The standard InChI is InChI=1S/C29H30Cl5N3O4S/c1-18(2)15-35-29(39)27(12-19-7-5-4-6-8-19)36(16-20-9-10-21(30)22(31)11-20)28(38)17-37(42(3,40)41)26-14-24(33)23(32)13-25(26)34/h4-11,13-14,18,27H,12,15-17H2,1-3H3,(H,35,39). The number of nitrogens with zero attached hydrogens (tertiary/aromatic N) is 2. The second kappa shape index (κ2) is 15.0.